The van der Waals surface area contributed by atoms with Crippen molar-refractivity contribution in [1.29, 1.82) is 0 Å². The van der Waals surface area contributed by atoms with Crippen LogP contribution in [-0.2, 0) is 0 Å². The summed E-state index contributed by atoms with van der Waals surface area (Å²) in [5, 5.41) is 8.56. The highest BCUT2D eigenvalue weighted by atomic mass is 15.3. The topological polar surface area (TPSA) is 34.2 Å². The maximum atomic E-state index is 5.09. The molecule has 0 fully saturated rings. The minimum absolute atomic E-state index is 0.271. The number of aryl methyl sites for hydroxylation is 1. The number of aliphatic imine (C=N–C) groups is 1. The first-order valence-electron chi connectivity index (χ1n) is 19.6. The van der Waals surface area contributed by atoms with Gasteiger partial charge in [-0.2, -0.15) is 0 Å². The quantitative estimate of drug-likeness (QED) is 0.182. The Bertz CT molecular complexity index is 3200. The van der Waals surface area contributed by atoms with Crippen molar-refractivity contribution >= 4 is 55.4 Å². The molecule has 0 radical (unpaired) electrons. The third-order valence-electron chi connectivity index (χ3n) is 11.6. The molecule has 0 saturated carbocycles. The highest BCUT2D eigenvalue weighted by molar-refractivity contribution is 6.13. The minimum Gasteiger partial charge on any atom is -0.352 e. The molecule has 1 aliphatic rings. The van der Waals surface area contributed by atoms with Gasteiger partial charge in [0.25, 0.3) is 0 Å². The molecule has 11 rings (SSSR count). The van der Waals surface area contributed by atoms with Gasteiger partial charge in [-0.25, -0.2) is 4.99 Å². The standard InChI is InChI=1S/C53H38N4/c1-35-30-39(36-12-4-2-5-13-36)24-27-44(35)38-22-20-37(21-23-38)42-33-54-53(55-34-42)57-50-19-11-9-17-46(50)48-32-41(26-29-52(48)57)40-25-28-51-47(31-40)45-16-8-10-18-49(45)56(51)43-14-6-3-7-15-43/h2-34,53-54H,1H3. The van der Waals surface area contributed by atoms with E-state index in [4.69, 9.17) is 4.99 Å². The maximum absolute atomic E-state index is 5.09. The number of fused-ring (bicyclic) bond motifs is 6. The smallest absolute Gasteiger partial charge is 0.200 e. The highest BCUT2D eigenvalue weighted by Crippen LogP contribution is 2.39. The fourth-order valence-electron chi connectivity index (χ4n) is 8.79. The van der Waals surface area contributed by atoms with Crippen molar-refractivity contribution in [2.24, 2.45) is 4.99 Å². The van der Waals surface area contributed by atoms with Crippen LogP contribution in [0.3, 0.4) is 0 Å². The summed E-state index contributed by atoms with van der Waals surface area (Å²) in [6, 6.07) is 67.8. The van der Waals surface area contributed by atoms with Gasteiger partial charge < -0.3 is 14.5 Å². The van der Waals surface area contributed by atoms with E-state index in [-0.39, 0.29) is 6.29 Å². The van der Waals surface area contributed by atoms with Crippen molar-refractivity contribution < 1.29 is 0 Å². The van der Waals surface area contributed by atoms with Crippen LogP contribution < -0.4 is 5.32 Å². The Morgan fingerprint density at radius 2 is 0.965 bits per heavy atom. The van der Waals surface area contributed by atoms with Crippen LogP contribution in [0.1, 0.15) is 17.4 Å². The number of rotatable bonds is 6. The number of para-hydroxylation sites is 3. The molecule has 4 heteroatoms. The van der Waals surface area contributed by atoms with Crippen molar-refractivity contribution in [2.75, 3.05) is 0 Å². The summed E-state index contributed by atoms with van der Waals surface area (Å²) >= 11 is 0. The normalized spacial score (nSPS) is 14.1. The monoisotopic (exact) mass is 730 g/mol. The van der Waals surface area contributed by atoms with Crippen molar-refractivity contribution in [3.05, 3.63) is 205 Å². The molecule has 0 spiro atoms. The molecule has 3 heterocycles. The third-order valence-corrected chi connectivity index (χ3v) is 11.6. The van der Waals surface area contributed by atoms with Gasteiger partial charge in [0.1, 0.15) is 0 Å². The van der Waals surface area contributed by atoms with Gasteiger partial charge in [-0.15, -0.1) is 0 Å². The first-order chi connectivity index (χ1) is 28.2. The SMILES string of the molecule is Cc1cc(-c2ccccc2)ccc1-c1ccc(C2=CNC(n3c4ccccc4c4cc(-c5ccc6c(c5)c5ccccc5n6-c5ccccc5)ccc43)N=C2)cc1. The molecule has 1 unspecified atom stereocenters. The van der Waals surface area contributed by atoms with E-state index in [9.17, 15) is 0 Å². The zero-order valence-corrected chi connectivity index (χ0v) is 31.5. The molecule has 1 atom stereocenters. The van der Waals surface area contributed by atoms with Crippen LogP contribution in [0.2, 0.25) is 0 Å². The summed E-state index contributed by atoms with van der Waals surface area (Å²) in [5.74, 6) is 0. The van der Waals surface area contributed by atoms with Crippen LogP contribution in [0.4, 0.5) is 0 Å². The van der Waals surface area contributed by atoms with Crippen LogP contribution in [0.15, 0.2) is 199 Å². The van der Waals surface area contributed by atoms with E-state index in [0.717, 1.165) is 22.2 Å². The predicted octanol–water partition coefficient (Wildman–Crippen LogP) is 13.4. The summed E-state index contributed by atoms with van der Waals surface area (Å²) in [4.78, 5) is 5.09. The average Bonchev–Trinajstić information content (AvgIpc) is 3.79. The number of allylic oxidation sites excluding steroid dienone is 1. The fourth-order valence-corrected chi connectivity index (χ4v) is 8.79. The van der Waals surface area contributed by atoms with Crippen molar-refractivity contribution in [3.8, 4) is 39.1 Å². The number of aromatic nitrogens is 2. The number of hydrogen-bond donors (Lipinski definition) is 1. The van der Waals surface area contributed by atoms with E-state index < -0.39 is 0 Å². The summed E-state index contributed by atoms with van der Waals surface area (Å²) < 4.78 is 4.69. The van der Waals surface area contributed by atoms with Gasteiger partial charge >= 0.3 is 0 Å². The molecule has 1 aliphatic heterocycles. The largest absolute Gasteiger partial charge is 0.352 e. The second-order valence-electron chi connectivity index (χ2n) is 14.9. The number of benzene rings is 8. The van der Waals surface area contributed by atoms with E-state index in [1.807, 2.05) is 6.21 Å². The molecule has 0 bridgehead atoms. The van der Waals surface area contributed by atoms with E-state index in [1.54, 1.807) is 0 Å². The summed E-state index contributed by atoms with van der Waals surface area (Å²) in [6.45, 7) is 2.19. The van der Waals surface area contributed by atoms with E-state index in [1.165, 1.54) is 77.2 Å². The molecule has 270 valence electrons. The van der Waals surface area contributed by atoms with Gasteiger partial charge in [0.05, 0.1) is 22.1 Å². The second kappa shape index (κ2) is 13.4. The Balaban J connectivity index is 0.898. The molecular weight excluding hydrogens is 693 g/mol. The van der Waals surface area contributed by atoms with Crippen LogP contribution >= 0.6 is 0 Å². The maximum Gasteiger partial charge on any atom is 0.200 e. The van der Waals surface area contributed by atoms with Gasteiger partial charge in [0.2, 0.25) is 0 Å². The average molecular weight is 731 g/mol. The number of nitrogens with one attached hydrogen (secondary N) is 1. The summed E-state index contributed by atoms with van der Waals surface area (Å²) in [5.41, 5.74) is 16.6. The Hall–Kier alpha value is -7.43. The van der Waals surface area contributed by atoms with Crippen LogP contribution in [0.25, 0.3) is 88.3 Å². The van der Waals surface area contributed by atoms with E-state index >= 15 is 0 Å². The van der Waals surface area contributed by atoms with Crippen LogP contribution in [0, 0.1) is 6.92 Å². The van der Waals surface area contributed by atoms with Crippen LogP contribution in [0.5, 0.6) is 0 Å². The van der Waals surface area contributed by atoms with Gasteiger partial charge in [-0.1, -0.05) is 140 Å². The first-order valence-corrected chi connectivity index (χ1v) is 19.6. The van der Waals surface area contributed by atoms with Gasteiger partial charge in [0.15, 0.2) is 6.29 Å². The molecule has 1 N–H and O–H groups in total. The van der Waals surface area contributed by atoms with Gasteiger partial charge in [-0.3, -0.25) is 0 Å². The van der Waals surface area contributed by atoms with Crippen LogP contribution in [-0.4, -0.2) is 15.3 Å². The molecule has 10 aromatic rings. The summed E-state index contributed by atoms with van der Waals surface area (Å²) in [7, 11) is 0. The van der Waals surface area contributed by atoms with Gasteiger partial charge in [0, 0.05) is 45.2 Å². The Morgan fingerprint density at radius 3 is 1.67 bits per heavy atom. The Morgan fingerprint density at radius 1 is 0.439 bits per heavy atom. The van der Waals surface area contributed by atoms with Gasteiger partial charge in [-0.05, 0) is 100.0 Å². The molecule has 57 heavy (non-hydrogen) atoms. The molecule has 0 aliphatic carbocycles. The van der Waals surface area contributed by atoms with Crippen molar-refractivity contribution in [3.63, 3.8) is 0 Å². The lowest BCUT2D eigenvalue weighted by Crippen LogP contribution is -2.23. The molecule has 4 nitrogen and oxygen atoms in total. The lowest BCUT2D eigenvalue weighted by atomic mass is 9.94. The number of hydrogen-bond acceptors (Lipinski definition) is 2. The molecule has 8 aromatic carbocycles. The molecule has 2 aromatic heterocycles. The minimum atomic E-state index is -0.271. The zero-order valence-electron chi connectivity index (χ0n) is 31.5. The molecule has 0 saturated heterocycles. The Labute approximate surface area is 331 Å². The predicted molar refractivity (Wildman–Crippen MR) is 240 cm³/mol. The van der Waals surface area contributed by atoms with E-state index in [0.29, 0.717) is 0 Å². The Kier molecular flexibility index (Phi) is 7.75. The number of nitrogens with zero attached hydrogens (tertiary/aromatic N) is 3. The molecule has 0 amide bonds. The highest BCUT2D eigenvalue weighted by Gasteiger charge is 2.20. The first kappa shape index (κ1) is 33.0. The summed E-state index contributed by atoms with van der Waals surface area (Å²) in [6.07, 6.45) is 3.84. The fraction of sp³-hybridized carbons (Fsp3) is 0.0377. The van der Waals surface area contributed by atoms with Crippen molar-refractivity contribution in [1.82, 2.24) is 14.5 Å². The van der Waals surface area contributed by atoms with Crippen molar-refractivity contribution in [2.45, 2.75) is 13.2 Å². The third kappa shape index (κ3) is 5.57. The lowest BCUT2D eigenvalue weighted by molar-refractivity contribution is 0.502. The lowest BCUT2D eigenvalue weighted by Gasteiger charge is -2.22. The second-order valence-corrected chi connectivity index (χ2v) is 14.9. The zero-order chi connectivity index (χ0) is 37.9. The van der Waals surface area contributed by atoms with E-state index in [2.05, 4.69) is 216 Å². The molecular formula is C53H38N4.